The highest BCUT2D eigenvalue weighted by molar-refractivity contribution is 7.88. The summed E-state index contributed by atoms with van der Waals surface area (Å²) in [5.41, 5.74) is 0. The Morgan fingerprint density at radius 1 is 1.33 bits per heavy atom. The van der Waals surface area contributed by atoms with Gasteiger partial charge in [-0.3, -0.25) is 0 Å². The summed E-state index contributed by atoms with van der Waals surface area (Å²) in [5.74, 6) is 1.01. The van der Waals surface area contributed by atoms with Crippen molar-refractivity contribution in [1.82, 2.24) is 4.31 Å². The second-order valence-corrected chi connectivity index (χ2v) is 6.93. The molecule has 0 aromatic carbocycles. The molecule has 4 heteroatoms. The Kier molecular flexibility index (Phi) is 4.18. The van der Waals surface area contributed by atoms with Crippen LogP contribution in [0.1, 0.15) is 40.0 Å². The quantitative estimate of drug-likeness (QED) is 0.704. The third-order valence-corrected chi connectivity index (χ3v) is 4.39. The van der Waals surface area contributed by atoms with E-state index in [-0.39, 0.29) is 6.04 Å². The summed E-state index contributed by atoms with van der Waals surface area (Å²) in [5, 5.41) is 0. The van der Waals surface area contributed by atoms with Crippen LogP contribution in [0.3, 0.4) is 0 Å². The number of nitrogens with zero attached hydrogens (tertiary/aromatic N) is 1. The zero-order valence-electron chi connectivity index (χ0n) is 10.2. The molecule has 90 valence electrons. The van der Waals surface area contributed by atoms with Crippen molar-refractivity contribution in [3.63, 3.8) is 0 Å². The van der Waals surface area contributed by atoms with Crippen molar-refractivity contribution in [2.75, 3.05) is 12.8 Å². The van der Waals surface area contributed by atoms with Crippen LogP contribution in [-0.2, 0) is 10.0 Å². The summed E-state index contributed by atoms with van der Waals surface area (Å²) in [7, 11) is -3.04. The molecule has 0 bridgehead atoms. The molecular formula is C11H23NO2S. The minimum absolute atomic E-state index is 0.167. The Morgan fingerprint density at radius 2 is 1.87 bits per heavy atom. The van der Waals surface area contributed by atoms with Gasteiger partial charge in [-0.15, -0.1) is 0 Å². The normalized spacial score (nSPS) is 19.9. The van der Waals surface area contributed by atoms with Gasteiger partial charge in [-0.1, -0.05) is 20.8 Å². The van der Waals surface area contributed by atoms with Crippen LogP contribution in [0, 0.1) is 11.8 Å². The van der Waals surface area contributed by atoms with Gasteiger partial charge in [-0.2, -0.15) is 4.31 Å². The van der Waals surface area contributed by atoms with E-state index in [9.17, 15) is 8.42 Å². The van der Waals surface area contributed by atoms with E-state index in [1.54, 1.807) is 4.31 Å². The van der Waals surface area contributed by atoms with E-state index >= 15 is 0 Å². The highest BCUT2D eigenvalue weighted by Gasteiger charge is 2.33. The van der Waals surface area contributed by atoms with Crippen LogP contribution < -0.4 is 0 Å². The fourth-order valence-electron chi connectivity index (χ4n) is 2.08. The van der Waals surface area contributed by atoms with Crippen molar-refractivity contribution < 1.29 is 8.42 Å². The van der Waals surface area contributed by atoms with Gasteiger partial charge in [0.05, 0.1) is 6.26 Å². The van der Waals surface area contributed by atoms with E-state index < -0.39 is 10.0 Å². The summed E-state index contributed by atoms with van der Waals surface area (Å²) < 4.78 is 25.2. The van der Waals surface area contributed by atoms with Crippen LogP contribution in [0.25, 0.3) is 0 Å². The maximum Gasteiger partial charge on any atom is 0.211 e. The average molecular weight is 233 g/mol. The molecule has 1 atom stereocenters. The predicted molar refractivity (Wildman–Crippen MR) is 63.2 cm³/mol. The third kappa shape index (κ3) is 3.76. The van der Waals surface area contributed by atoms with Gasteiger partial charge in [0, 0.05) is 12.6 Å². The topological polar surface area (TPSA) is 37.4 Å². The minimum atomic E-state index is -3.04. The number of rotatable bonds is 6. The standard InChI is InChI=1S/C11H23NO2S/c1-5-11(9(2)3)12(15(4,13)14)8-10-6-7-10/h9-11H,5-8H2,1-4H3/t11-/m1/s1. The van der Waals surface area contributed by atoms with Crippen LogP contribution in [-0.4, -0.2) is 31.6 Å². The highest BCUT2D eigenvalue weighted by atomic mass is 32.2. The molecular weight excluding hydrogens is 210 g/mol. The van der Waals surface area contributed by atoms with Gasteiger partial charge in [-0.05, 0) is 31.1 Å². The molecule has 0 aromatic rings. The van der Waals surface area contributed by atoms with Crippen LogP contribution in [0.15, 0.2) is 0 Å². The summed E-state index contributed by atoms with van der Waals surface area (Å²) in [4.78, 5) is 0. The van der Waals surface area contributed by atoms with Gasteiger partial charge < -0.3 is 0 Å². The Balaban J connectivity index is 2.77. The highest BCUT2D eigenvalue weighted by Crippen LogP contribution is 2.32. The summed E-state index contributed by atoms with van der Waals surface area (Å²) in [6, 6.07) is 0.167. The first-order chi connectivity index (χ1) is 6.86. The fraction of sp³-hybridized carbons (Fsp3) is 1.00. The molecule has 0 radical (unpaired) electrons. The smallest absolute Gasteiger partial charge is 0.211 e. The molecule has 0 heterocycles. The van der Waals surface area contributed by atoms with Crippen LogP contribution in [0.4, 0.5) is 0 Å². The maximum atomic E-state index is 11.7. The second-order valence-electron chi connectivity index (χ2n) is 5.00. The monoisotopic (exact) mass is 233 g/mol. The molecule has 1 saturated carbocycles. The largest absolute Gasteiger partial charge is 0.212 e. The molecule has 15 heavy (non-hydrogen) atoms. The molecule has 0 amide bonds. The lowest BCUT2D eigenvalue weighted by Crippen LogP contribution is -2.43. The molecule has 1 fully saturated rings. The van der Waals surface area contributed by atoms with Gasteiger partial charge in [-0.25, -0.2) is 8.42 Å². The van der Waals surface area contributed by atoms with Crippen LogP contribution >= 0.6 is 0 Å². The molecule has 1 aliphatic rings. The predicted octanol–water partition coefficient (Wildman–Crippen LogP) is 2.09. The molecule has 0 saturated heterocycles. The Morgan fingerprint density at radius 3 is 2.13 bits per heavy atom. The molecule has 0 N–H and O–H groups in total. The van der Waals surface area contributed by atoms with Crippen LogP contribution in [0.5, 0.6) is 0 Å². The van der Waals surface area contributed by atoms with Crippen molar-refractivity contribution in [1.29, 1.82) is 0 Å². The Bertz CT molecular complexity index is 294. The molecule has 0 spiro atoms. The molecule has 1 rings (SSSR count). The zero-order chi connectivity index (χ0) is 11.6. The van der Waals surface area contributed by atoms with Gasteiger partial charge in [0.25, 0.3) is 0 Å². The number of hydrogen-bond acceptors (Lipinski definition) is 2. The molecule has 0 aromatic heterocycles. The molecule has 1 aliphatic carbocycles. The SMILES string of the molecule is CC[C@H](C(C)C)N(CC1CC1)S(C)(=O)=O. The van der Waals surface area contributed by atoms with Crippen molar-refractivity contribution in [2.24, 2.45) is 11.8 Å². The molecule has 0 aliphatic heterocycles. The van der Waals surface area contributed by atoms with E-state index in [0.717, 1.165) is 13.0 Å². The maximum absolute atomic E-state index is 11.7. The second kappa shape index (κ2) is 4.83. The van der Waals surface area contributed by atoms with E-state index in [1.807, 2.05) is 0 Å². The minimum Gasteiger partial charge on any atom is -0.212 e. The first-order valence-electron chi connectivity index (χ1n) is 5.83. The lowest BCUT2D eigenvalue weighted by molar-refractivity contribution is 0.245. The van der Waals surface area contributed by atoms with Gasteiger partial charge >= 0.3 is 0 Å². The van der Waals surface area contributed by atoms with Crippen LogP contribution in [0.2, 0.25) is 0 Å². The van der Waals surface area contributed by atoms with Gasteiger partial charge in [0.1, 0.15) is 0 Å². The van der Waals surface area contributed by atoms with E-state index in [0.29, 0.717) is 11.8 Å². The molecule has 0 unspecified atom stereocenters. The van der Waals surface area contributed by atoms with Gasteiger partial charge in [0.15, 0.2) is 0 Å². The summed E-state index contributed by atoms with van der Waals surface area (Å²) >= 11 is 0. The average Bonchev–Trinajstić information content (AvgIpc) is 2.85. The first kappa shape index (κ1) is 13.0. The Hall–Kier alpha value is -0.0900. The van der Waals surface area contributed by atoms with E-state index in [4.69, 9.17) is 0 Å². The Labute approximate surface area is 93.9 Å². The summed E-state index contributed by atoms with van der Waals surface area (Å²) in [6.45, 7) is 6.99. The van der Waals surface area contributed by atoms with Crippen molar-refractivity contribution >= 4 is 10.0 Å². The van der Waals surface area contributed by atoms with E-state index in [1.165, 1.54) is 19.1 Å². The molecule has 3 nitrogen and oxygen atoms in total. The zero-order valence-corrected chi connectivity index (χ0v) is 11.0. The lowest BCUT2D eigenvalue weighted by atomic mass is 10.0. The van der Waals surface area contributed by atoms with Crippen molar-refractivity contribution in [3.05, 3.63) is 0 Å². The van der Waals surface area contributed by atoms with Crippen molar-refractivity contribution in [2.45, 2.75) is 46.1 Å². The number of hydrogen-bond donors (Lipinski definition) is 0. The van der Waals surface area contributed by atoms with Crippen molar-refractivity contribution in [3.8, 4) is 0 Å². The summed E-state index contributed by atoms with van der Waals surface area (Å²) in [6.07, 6.45) is 4.62. The number of sulfonamides is 1. The lowest BCUT2D eigenvalue weighted by Gasteiger charge is -2.31. The fourth-order valence-corrected chi connectivity index (χ4v) is 3.45. The first-order valence-corrected chi connectivity index (χ1v) is 7.68. The van der Waals surface area contributed by atoms with Gasteiger partial charge in [0.2, 0.25) is 10.0 Å². The van der Waals surface area contributed by atoms with E-state index in [2.05, 4.69) is 20.8 Å². The third-order valence-electron chi connectivity index (χ3n) is 3.12.